The summed E-state index contributed by atoms with van der Waals surface area (Å²) in [7, 11) is 1.58. The van der Waals surface area contributed by atoms with Gasteiger partial charge in [-0.2, -0.15) is 0 Å². The van der Waals surface area contributed by atoms with Gasteiger partial charge in [0.1, 0.15) is 23.7 Å². The average Bonchev–Trinajstić information content (AvgIpc) is 3.07. The van der Waals surface area contributed by atoms with Gasteiger partial charge in [-0.1, -0.05) is 28.7 Å². The number of hydrogen-bond acceptors (Lipinski definition) is 7. The lowest BCUT2D eigenvalue weighted by Crippen LogP contribution is -2.19. The van der Waals surface area contributed by atoms with Crippen LogP contribution in [0.3, 0.4) is 0 Å². The summed E-state index contributed by atoms with van der Waals surface area (Å²) in [5, 5.41) is 19.6. The van der Waals surface area contributed by atoms with Crippen LogP contribution in [0.1, 0.15) is 5.01 Å². The van der Waals surface area contributed by atoms with Crippen LogP contribution in [0.2, 0.25) is 0 Å². The Hall–Kier alpha value is -2.39. The Balaban J connectivity index is 1.68. The number of carbonyl (C=O) groups is 1. The summed E-state index contributed by atoms with van der Waals surface area (Å²) in [6.07, 6.45) is 0. The van der Waals surface area contributed by atoms with Crippen LogP contribution in [0.25, 0.3) is 11.0 Å². The predicted molar refractivity (Wildman–Crippen MR) is 76.8 cm³/mol. The van der Waals surface area contributed by atoms with Gasteiger partial charge in [0.2, 0.25) is 11.0 Å². The SMILES string of the molecule is COCc1nnc(NC(=O)Cn2nnc3ccccc32)s1. The molecule has 0 aliphatic rings. The molecule has 8 nitrogen and oxygen atoms in total. The number of methoxy groups -OCH3 is 1. The quantitative estimate of drug-likeness (QED) is 0.757. The molecular weight excluding hydrogens is 292 g/mol. The Bertz CT molecular complexity index is 768. The molecule has 2 aromatic heterocycles. The third-order valence-electron chi connectivity index (χ3n) is 2.69. The van der Waals surface area contributed by atoms with Crippen molar-refractivity contribution in [2.45, 2.75) is 13.2 Å². The molecule has 1 amide bonds. The van der Waals surface area contributed by atoms with Gasteiger partial charge in [-0.05, 0) is 12.1 Å². The molecule has 0 atom stereocenters. The number of para-hydroxylation sites is 1. The van der Waals surface area contributed by atoms with Crippen molar-refractivity contribution in [1.29, 1.82) is 0 Å². The molecule has 0 aliphatic heterocycles. The van der Waals surface area contributed by atoms with Gasteiger partial charge in [0.05, 0.1) is 5.52 Å². The van der Waals surface area contributed by atoms with E-state index in [1.54, 1.807) is 11.8 Å². The minimum atomic E-state index is -0.231. The van der Waals surface area contributed by atoms with Crippen molar-refractivity contribution in [2.75, 3.05) is 12.4 Å². The van der Waals surface area contributed by atoms with Crippen LogP contribution in [0, 0.1) is 0 Å². The molecule has 0 saturated heterocycles. The second-order valence-corrected chi connectivity index (χ2v) is 5.28. The van der Waals surface area contributed by atoms with Crippen LogP contribution < -0.4 is 5.32 Å². The normalized spacial score (nSPS) is 10.9. The number of carbonyl (C=O) groups excluding carboxylic acids is 1. The number of ether oxygens (including phenoxy) is 1. The van der Waals surface area contributed by atoms with Crippen LogP contribution in [0.15, 0.2) is 24.3 Å². The van der Waals surface area contributed by atoms with E-state index in [-0.39, 0.29) is 12.5 Å². The number of nitrogens with zero attached hydrogens (tertiary/aromatic N) is 5. The van der Waals surface area contributed by atoms with Gasteiger partial charge in [0.15, 0.2) is 0 Å². The molecule has 0 saturated carbocycles. The lowest BCUT2D eigenvalue weighted by atomic mass is 10.3. The number of aromatic nitrogens is 5. The molecule has 1 N–H and O–H groups in total. The topological polar surface area (TPSA) is 94.8 Å². The zero-order valence-electron chi connectivity index (χ0n) is 11.2. The first kappa shape index (κ1) is 13.6. The molecule has 3 rings (SSSR count). The van der Waals surface area contributed by atoms with E-state index in [1.165, 1.54) is 11.3 Å². The van der Waals surface area contributed by atoms with E-state index in [0.717, 1.165) is 11.0 Å². The largest absolute Gasteiger partial charge is 0.377 e. The van der Waals surface area contributed by atoms with Gasteiger partial charge in [-0.3, -0.25) is 10.1 Å². The molecule has 3 aromatic rings. The third kappa shape index (κ3) is 3.03. The minimum Gasteiger partial charge on any atom is -0.377 e. The van der Waals surface area contributed by atoms with Crippen molar-refractivity contribution in [3.05, 3.63) is 29.3 Å². The summed E-state index contributed by atoms with van der Waals surface area (Å²) < 4.78 is 6.50. The standard InChI is InChI=1S/C12H12N6O2S/c1-20-7-11-15-16-12(21-11)13-10(19)6-18-9-5-3-2-4-8(9)14-17-18/h2-5H,6-7H2,1H3,(H,13,16,19). The molecule has 0 radical (unpaired) electrons. The lowest BCUT2D eigenvalue weighted by molar-refractivity contribution is -0.116. The Morgan fingerprint density at radius 1 is 1.33 bits per heavy atom. The van der Waals surface area contributed by atoms with Gasteiger partial charge in [-0.25, -0.2) is 4.68 Å². The molecule has 0 bridgehead atoms. The number of hydrogen-bond donors (Lipinski definition) is 1. The molecule has 0 aliphatic carbocycles. The average molecular weight is 304 g/mol. The maximum absolute atomic E-state index is 12.0. The predicted octanol–water partition coefficient (Wildman–Crippen LogP) is 1.07. The van der Waals surface area contributed by atoms with E-state index in [2.05, 4.69) is 25.8 Å². The molecule has 9 heteroatoms. The molecule has 108 valence electrons. The highest BCUT2D eigenvalue weighted by atomic mass is 32.1. The van der Waals surface area contributed by atoms with Crippen molar-refractivity contribution in [1.82, 2.24) is 25.2 Å². The van der Waals surface area contributed by atoms with Crippen LogP contribution in [-0.2, 0) is 22.7 Å². The van der Waals surface area contributed by atoms with Crippen LogP contribution >= 0.6 is 11.3 Å². The van der Waals surface area contributed by atoms with Crippen molar-refractivity contribution in [2.24, 2.45) is 0 Å². The fourth-order valence-electron chi connectivity index (χ4n) is 1.81. The third-order valence-corrected chi connectivity index (χ3v) is 3.51. The Kier molecular flexibility index (Phi) is 3.84. The fraction of sp³-hybridized carbons (Fsp3) is 0.250. The highest BCUT2D eigenvalue weighted by Gasteiger charge is 2.11. The molecular formula is C12H12N6O2S. The van der Waals surface area contributed by atoms with E-state index in [9.17, 15) is 4.79 Å². The van der Waals surface area contributed by atoms with Crippen LogP contribution in [0.4, 0.5) is 5.13 Å². The maximum Gasteiger partial charge on any atom is 0.248 e. The van der Waals surface area contributed by atoms with Gasteiger partial charge in [0.25, 0.3) is 0 Å². The summed E-state index contributed by atoms with van der Waals surface area (Å²) in [6.45, 7) is 0.445. The van der Waals surface area contributed by atoms with Crippen molar-refractivity contribution < 1.29 is 9.53 Å². The summed E-state index contributed by atoms with van der Waals surface area (Å²) in [4.78, 5) is 12.0. The summed E-state index contributed by atoms with van der Waals surface area (Å²) in [5.41, 5.74) is 1.56. The first-order chi connectivity index (χ1) is 10.3. The number of benzene rings is 1. The van der Waals surface area contributed by atoms with Gasteiger partial charge in [-0.15, -0.1) is 15.3 Å². The van der Waals surface area contributed by atoms with Gasteiger partial charge < -0.3 is 4.74 Å². The molecule has 0 fully saturated rings. The van der Waals surface area contributed by atoms with Crippen molar-refractivity contribution >= 4 is 33.4 Å². The second-order valence-electron chi connectivity index (χ2n) is 4.22. The Morgan fingerprint density at radius 2 is 2.19 bits per heavy atom. The van der Waals surface area contributed by atoms with E-state index >= 15 is 0 Å². The number of amides is 1. The molecule has 21 heavy (non-hydrogen) atoms. The molecule has 0 spiro atoms. The van der Waals surface area contributed by atoms with Crippen molar-refractivity contribution in [3.63, 3.8) is 0 Å². The van der Waals surface area contributed by atoms with Crippen molar-refractivity contribution in [3.8, 4) is 0 Å². The maximum atomic E-state index is 12.0. The van der Waals surface area contributed by atoms with Crippen LogP contribution in [-0.4, -0.2) is 38.2 Å². The fourth-order valence-corrected chi connectivity index (χ4v) is 2.54. The van der Waals surface area contributed by atoms with E-state index < -0.39 is 0 Å². The lowest BCUT2D eigenvalue weighted by Gasteiger charge is -2.01. The number of fused-ring (bicyclic) bond motifs is 1. The number of rotatable bonds is 5. The first-order valence-electron chi connectivity index (χ1n) is 6.15. The van der Waals surface area contributed by atoms with E-state index in [1.807, 2.05) is 24.3 Å². The first-order valence-corrected chi connectivity index (χ1v) is 6.97. The highest BCUT2D eigenvalue weighted by molar-refractivity contribution is 7.15. The van der Waals surface area contributed by atoms with Gasteiger partial charge >= 0.3 is 0 Å². The monoisotopic (exact) mass is 304 g/mol. The minimum absolute atomic E-state index is 0.0692. The Morgan fingerprint density at radius 3 is 3.05 bits per heavy atom. The van der Waals surface area contributed by atoms with Gasteiger partial charge in [0, 0.05) is 7.11 Å². The molecule has 2 heterocycles. The molecule has 1 aromatic carbocycles. The summed E-state index contributed by atoms with van der Waals surface area (Å²) in [6, 6.07) is 7.46. The summed E-state index contributed by atoms with van der Waals surface area (Å²) in [5.74, 6) is -0.231. The Labute approximate surface area is 123 Å². The second kappa shape index (κ2) is 5.94. The molecule has 0 unspecified atom stereocenters. The zero-order valence-corrected chi connectivity index (χ0v) is 12.0. The number of nitrogens with one attached hydrogen (secondary N) is 1. The highest BCUT2D eigenvalue weighted by Crippen LogP contribution is 2.16. The van der Waals surface area contributed by atoms with E-state index in [4.69, 9.17) is 4.74 Å². The number of anilines is 1. The zero-order chi connectivity index (χ0) is 14.7. The summed E-state index contributed by atoms with van der Waals surface area (Å²) >= 11 is 1.28. The smallest absolute Gasteiger partial charge is 0.248 e. The van der Waals surface area contributed by atoms with Crippen LogP contribution in [0.5, 0.6) is 0 Å². The van der Waals surface area contributed by atoms with E-state index in [0.29, 0.717) is 16.7 Å².